The molecule has 6 aromatic rings. The molecule has 0 aliphatic carbocycles. The summed E-state index contributed by atoms with van der Waals surface area (Å²) < 4.78 is 2.24. The molecule has 0 saturated heterocycles. The molecule has 0 atom stereocenters. The van der Waals surface area contributed by atoms with Crippen molar-refractivity contribution in [2.75, 3.05) is 0 Å². The summed E-state index contributed by atoms with van der Waals surface area (Å²) in [5.41, 5.74) is 9.66. The Morgan fingerprint density at radius 3 is 2.20 bits per heavy atom. The van der Waals surface area contributed by atoms with Crippen LogP contribution in [0.4, 0.5) is 0 Å². The van der Waals surface area contributed by atoms with Crippen LogP contribution in [0, 0.1) is 5.92 Å². The fraction of sp³-hybridized carbons (Fsp3) is 0.300. The molecular weight excluding hydrogens is 538 g/mol. The molecule has 3 heterocycles. The van der Waals surface area contributed by atoms with Gasteiger partial charge in [0.05, 0.1) is 16.9 Å². The third-order valence-electron chi connectivity index (χ3n) is 8.42. The van der Waals surface area contributed by atoms with Gasteiger partial charge in [-0.15, -0.1) is 0 Å². The topological polar surface area (TPSA) is 50.9 Å². The highest BCUT2D eigenvalue weighted by Gasteiger charge is 2.26. The summed E-state index contributed by atoms with van der Waals surface area (Å²) in [6.45, 7) is 17.6. The summed E-state index contributed by atoms with van der Waals surface area (Å²) in [5, 5.41) is 14.0. The minimum absolute atomic E-state index is 0.0779. The van der Waals surface area contributed by atoms with Gasteiger partial charge < -0.3 is 5.11 Å². The van der Waals surface area contributed by atoms with Crippen molar-refractivity contribution in [3.05, 3.63) is 108 Å². The number of para-hydroxylation sites is 1. The Labute approximate surface area is 261 Å². The van der Waals surface area contributed by atoms with Gasteiger partial charge in [-0.05, 0) is 82.8 Å². The Morgan fingerprint density at radius 1 is 0.750 bits per heavy atom. The smallest absolute Gasteiger partial charge is 0.145 e. The van der Waals surface area contributed by atoms with Crippen LogP contribution >= 0.6 is 0 Å². The number of phenols is 1. The highest BCUT2D eigenvalue weighted by Crippen LogP contribution is 2.42. The van der Waals surface area contributed by atoms with Crippen molar-refractivity contribution < 1.29 is 5.11 Å². The highest BCUT2D eigenvalue weighted by atomic mass is 16.3. The van der Waals surface area contributed by atoms with Gasteiger partial charge >= 0.3 is 0 Å². The van der Waals surface area contributed by atoms with Crippen molar-refractivity contribution in [3.8, 4) is 34.0 Å². The van der Waals surface area contributed by atoms with E-state index in [0.29, 0.717) is 11.7 Å². The molecule has 0 bridgehead atoms. The first kappa shape index (κ1) is 29.6. The maximum atomic E-state index is 11.7. The lowest BCUT2D eigenvalue weighted by Crippen LogP contribution is -2.17. The lowest BCUT2D eigenvalue weighted by atomic mass is 9.78. The molecule has 44 heavy (non-hydrogen) atoms. The predicted molar refractivity (Wildman–Crippen MR) is 185 cm³/mol. The first-order valence-corrected chi connectivity index (χ1v) is 15.7. The van der Waals surface area contributed by atoms with Gasteiger partial charge in [-0.1, -0.05) is 91.8 Å². The van der Waals surface area contributed by atoms with Gasteiger partial charge in [0, 0.05) is 39.3 Å². The quantitative estimate of drug-likeness (QED) is 0.220. The Kier molecular flexibility index (Phi) is 7.36. The van der Waals surface area contributed by atoms with Crippen molar-refractivity contribution in [2.45, 2.75) is 72.6 Å². The highest BCUT2D eigenvalue weighted by molar-refractivity contribution is 6.07. The van der Waals surface area contributed by atoms with Crippen LogP contribution in [0.15, 0.2) is 91.1 Å². The molecule has 0 saturated carbocycles. The summed E-state index contributed by atoms with van der Waals surface area (Å²) in [7, 11) is 0. The average molecular weight is 582 g/mol. The van der Waals surface area contributed by atoms with Crippen LogP contribution in [0.25, 0.3) is 50.1 Å². The Balaban J connectivity index is 1.57. The van der Waals surface area contributed by atoms with Crippen LogP contribution in [0.5, 0.6) is 5.75 Å². The van der Waals surface area contributed by atoms with Crippen LogP contribution in [-0.2, 0) is 17.3 Å². The van der Waals surface area contributed by atoms with Crippen molar-refractivity contribution in [2.24, 2.45) is 5.92 Å². The molecule has 0 unspecified atom stereocenters. The zero-order valence-corrected chi connectivity index (χ0v) is 27.2. The van der Waals surface area contributed by atoms with Gasteiger partial charge in [-0.2, -0.15) is 0 Å². The molecule has 0 fully saturated rings. The Hall–Kier alpha value is -4.44. The molecule has 0 spiro atoms. The maximum absolute atomic E-state index is 11.7. The minimum atomic E-state index is -0.219. The molecular formula is C40H43N3O. The van der Waals surface area contributed by atoms with Crippen molar-refractivity contribution in [3.63, 3.8) is 0 Å². The van der Waals surface area contributed by atoms with Gasteiger partial charge in [0.2, 0.25) is 0 Å². The number of aromatic nitrogens is 3. The fourth-order valence-corrected chi connectivity index (χ4v) is 6.16. The van der Waals surface area contributed by atoms with Gasteiger partial charge in [0.1, 0.15) is 11.4 Å². The zero-order valence-electron chi connectivity index (χ0n) is 27.2. The summed E-state index contributed by atoms with van der Waals surface area (Å²) in [5.74, 6) is 0.795. The molecule has 224 valence electrons. The first-order valence-electron chi connectivity index (χ1n) is 15.7. The molecule has 1 N–H and O–H groups in total. The summed E-state index contributed by atoms with van der Waals surface area (Å²) in [4.78, 5) is 10.0. The normalized spacial score (nSPS) is 12.5. The number of hydrogen-bond donors (Lipinski definition) is 1. The van der Waals surface area contributed by atoms with Gasteiger partial charge in [-0.25, -0.2) is 9.97 Å². The van der Waals surface area contributed by atoms with Crippen molar-refractivity contribution in [1.29, 1.82) is 0 Å². The molecule has 6 rings (SSSR count). The van der Waals surface area contributed by atoms with E-state index in [-0.39, 0.29) is 10.8 Å². The van der Waals surface area contributed by atoms with Crippen LogP contribution < -0.4 is 0 Å². The number of fused-ring (bicyclic) bond motifs is 3. The van der Waals surface area contributed by atoms with Crippen LogP contribution in [0.1, 0.15) is 72.1 Å². The Bertz CT molecular complexity index is 1950. The number of pyridine rings is 2. The average Bonchev–Trinajstić information content (AvgIpc) is 3.30. The third-order valence-corrected chi connectivity index (χ3v) is 8.42. The lowest BCUT2D eigenvalue weighted by Gasteiger charge is -2.27. The second-order valence-corrected chi connectivity index (χ2v) is 14.5. The predicted octanol–water partition coefficient (Wildman–Crippen LogP) is 10.4. The maximum Gasteiger partial charge on any atom is 0.145 e. The molecule has 0 amide bonds. The zero-order chi connectivity index (χ0) is 31.4. The van der Waals surface area contributed by atoms with E-state index in [1.54, 1.807) is 0 Å². The monoisotopic (exact) mass is 581 g/mol. The molecule has 0 aliphatic rings. The van der Waals surface area contributed by atoms with Crippen LogP contribution in [-0.4, -0.2) is 19.6 Å². The number of hydrogen-bond acceptors (Lipinski definition) is 3. The standard InChI is InChI=1S/C40H43N3O/c1-25(2)19-26-20-34(42-35(21-26)32-23-28(39(3,4)5)24-33(37(32)44)40(6,7)8)27-13-11-14-29(22-27)43-36-17-10-9-15-30(36)31-16-12-18-41-38(31)43/h9-18,20-25,44H,19H2,1-8H3. The molecule has 4 heteroatoms. The second-order valence-electron chi connectivity index (χ2n) is 14.5. The second kappa shape index (κ2) is 10.9. The van der Waals surface area contributed by atoms with Gasteiger partial charge in [0.15, 0.2) is 0 Å². The van der Waals surface area contributed by atoms with Crippen molar-refractivity contribution >= 4 is 21.9 Å². The summed E-state index contributed by atoms with van der Waals surface area (Å²) in [6.07, 6.45) is 2.78. The lowest BCUT2D eigenvalue weighted by molar-refractivity contribution is 0.446. The van der Waals surface area contributed by atoms with Gasteiger partial charge in [0.25, 0.3) is 0 Å². The number of phenolic OH excluding ortho intramolecular Hbond substituents is 1. The molecule has 3 aromatic heterocycles. The van der Waals surface area contributed by atoms with E-state index in [0.717, 1.165) is 56.7 Å². The molecule has 0 aliphatic heterocycles. The van der Waals surface area contributed by atoms with Crippen LogP contribution in [0.3, 0.4) is 0 Å². The molecule has 3 aromatic carbocycles. The number of benzene rings is 3. The van der Waals surface area contributed by atoms with E-state index in [1.807, 2.05) is 12.3 Å². The molecule has 0 radical (unpaired) electrons. The summed E-state index contributed by atoms with van der Waals surface area (Å²) >= 11 is 0. The van der Waals surface area contributed by atoms with Crippen LogP contribution in [0.2, 0.25) is 0 Å². The Morgan fingerprint density at radius 2 is 1.48 bits per heavy atom. The van der Waals surface area contributed by atoms with E-state index in [2.05, 4.69) is 139 Å². The first-order chi connectivity index (χ1) is 20.8. The number of rotatable bonds is 5. The SMILES string of the molecule is CC(C)Cc1cc(-c2cccc(-n3c4ccccc4c4cccnc43)c2)nc(-c2cc(C(C)(C)C)cc(C(C)(C)C)c2O)c1. The van der Waals surface area contributed by atoms with Gasteiger partial charge in [-0.3, -0.25) is 4.57 Å². The largest absolute Gasteiger partial charge is 0.507 e. The van der Waals surface area contributed by atoms with E-state index < -0.39 is 0 Å². The van der Waals surface area contributed by atoms with E-state index >= 15 is 0 Å². The number of aromatic hydroxyl groups is 1. The van der Waals surface area contributed by atoms with Crippen molar-refractivity contribution in [1.82, 2.24) is 14.5 Å². The van der Waals surface area contributed by atoms with E-state index in [4.69, 9.17) is 9.97 Å². The van der Waals surface area contributed by atoms with E-state index in [9.17, 15) is 5.11 Å². The summed E-state index contributed by atoms with van der Waals surface area (Å²) in [6, 6.07) is 29.8. The minimum Gasteiger partial charge on any atom is -0.507 e. The fourth-order valence-electron chi connectivity index (χ4n) is 6.16. The number of nitrogens with zero attached hydrogens (tertiary/aromatic N) is 3. The molecule has 4 nitrogen and oxygen atoms in total. The van der Waals surface area contributed by atoms with E-state index in [1.165, 1.54) is 16.5 Å². The third kappa shape index (κ3) is 5.50.